The molecular weight excluding hydrogens is 416 g/mol. The molecular formula is C25H30N6O2. The van der Waals surface area contributed by atoms with Crippen LogP contribution in [0.25, 0.3) is 0 Å². The molecule has 5 rings (SSSR count). The van der Waals surface area contributed by atoms with Gasteiger partial charge < -0.3 is 19.7 Å². The van der Waals surface area contributed by atoms with Gasteiger partial charge in [0.25, 0.3) is 0 Å². The molecule has 1 atom stereocenters. The van der Waals surface area contributed by atoms with Gasteiger partial charge >= 0.3 is 0 Å². The van der Waals surface area contributed by atoms with Crippen molar-refractivity contribution in [2.24, 2.45) is 0 Å². The number of ether oxygens (including phenoxy) is 2. The fourth-order valence-corrected chi connectivity index (χ4v) is 4.51. The highest BCUT2D eigenvalue weighted by Gasteiger charge is 2.37. The largest absolute Gasteiger partial charge is 0.497 e. The second kappa shape index (κ2) is 9.15. The van der Waals surface area contributed by atoms with Gasteiger partial charge in [0, 0.05) is 26.7 Å². The fraction of sp³-hybridized carbons (Fsp3) is 0.360. The second-order valence-electron chi connectivity index (χ2n) is 8.43. The average Bonchev–Trinajstić information content (AvgIpc) is 3.18. The van der Waals surface area contributed by atoms with Crippen LogP contribution in [-0.2, 0) is 13.0 Å². The Hall–Kier alpha value is -3.52. The number of rotatable bonds is 8. The third-order valence-corrected chi connectivity index (χ3v) is 6.30. The van der Waals surface area contributed by atoms with Gasteiger partial charge in [0.2, 0.25) is 5.95 Å². The van der Waals surface area contributed by atoms with Crippen molar-refractivity contribution in [2.75, 3.05) is 49.6 Å². The molecule has 0 spiro atoms. The quantitative estimate of drug-likeness (QED) is 0.544. The van der Waals surface area contributed by atoms with Gasteiger partial charge in [-0.05, 0) is 48.2 Å². The van der Waals surface area contributed by atoms with Crippen molar-refractivity contribution >= 4 is 17.6 Å². The third-order valence-electron chi connectivity index (χ3n) is 6.30. The number of benzene rings is 2. The van der Waals surface area contributed by atoms with Gasteiger partial charge in [0.05, 0.1) is 25.8 Å². The topological polar surface area (TPSA) is 74.8 Å². The Morgan fingerprint density at radius 2 is 1.58 bits per heavy atom. The zero-order valence-electron chi connectivity index (χ0n) is 19.3. The van der Waals surface area contributed by atoms with Crippen molar-refractivity contribution in [3.63, 3.8) is 0 Å². The summed E-state index contributed by atoms with van der Waals surface area (Å²) < 4.78 is 10.5. The first-order valence-electron chi connectivity index (χ1n) is 11.3. The van der Waals surface area contributed by atoms with E-state index < -0.39 is 0 Å². The summed E-state index contributed by atoms with van der Waals surface area (Å²) in [7, 11) is 5.40. The number of nitrogens with zero attached hydrogens (tertiary/aromatic N) is 4. The summed E-state index contributed by atoms with van der Waals surface area (Å²) in [5, 5.41) is 5.46. The summed E-state index contributed by atoms with van der Waals surface area (Å²) in [6.07, 6.45) is 1.90. The molecule has 0 saturated carbocycles. The van der Waals surface area contributed by atoms with Crippen molar-refractivity contribution in [3.05, 3.63) is 65.2 Å². The van der Waals surface area contributed by atoms with E-state index in [1.54, 1.807) is 14.2 Å². The van der Waals surface area contributed by atoms with E-state index in [2.05, 4.69) is 39.9 Å². The summed E-state index contributed by atoms with van der Waals surface area (Å²) in [5.41, 5.74) is 7.19. The van der Waals surface area contributed by atoms with Crippen LogP contribution in [0.1, 0.15) is 29.2 Å². The van der Waals surface area contributed by atoms with E-state index in [1.165, 1.54) is 16.7 Å². The first-order valence-corrected chi connectivity index (χ1v) is 11.3. The van der Waals surface area contributed by atoms with Crippen LogP contribution in [0, 0.1) is 0 Å². The van der Waals surface area contributed by atoms with Crippen LogP contribution in [0.5, 0.6) is 11.5 Å². The minimum Gasteiger partial charge on any atom is -0.497 e. The Kier molecular flexibility index (Phi) is 5.92. The zero-order chi connectivity index (χ0) is 22.8. The molecule has 0 fully saturated rings. The molecule has 33 heavy (non-hydrogen) atoms. The van der Waals surface area contributed by atoms with E-state index in [1.807, 2.05) is 36.3 Å². The molecule has 3 aromatic rings. The van der Waals surface area contributed by atoms with Gasteiger partial charge in [-0.25, -0.2) is 5.43 Å². The Labute approximate surface area is 194 Å². The number of aromatic nitrogens is 2. The maximum Gasteiger partial charge on any atom is 0.226 e. The number of hydrazine groups is 1. The Morgan fingerprint density at radius 1 is 0.939 bits per heavy atom. The highest BCUT2D eigenvalue weighted by atomic mass is 16.5. The van der Waals surface area contributed by atoms with Crippen molar-refractivity contribution in [3.8, 4) is 11.5 Å². The Bertz CT molecular complexity index is 1100. The number of methoxy groups -OCH3 is 2. The summed E-state index contributed by atoms with van der Waals surface area (Å²) in [6, 6.07) is 16.7. The molecule has 2 aliphatic rings. The summed E-state index contributed by atoms with van der Waals surface area (Å²) in [6.45, 7) is 2.49. The van der Waals surface area contributed by atoms with Crippen molar-refractivity contribution in [1.29, 1.82) is 0 Å². The van der Waals surface area contributed by atoms with Crippen LogP contribution < -0.4 is 30.1 Å². The first kappa shape index (κ1) is 21.3. The molecule has 0 bridgehead atoms. The molecule has 3 heterocycles. The first-order chi connectivity index (χ1) is 16.1. The number of hydrogen-bond donors (Lipinski definition) is 2. The van der Waals surface area contributed by atoms with Gasteiger partial charge in [-0.3, -0.25) is 5.01 Å². The number of anilines is 3. The summed E-state index contributed by atoms with van der Waals surface area (Å²) >= 11 is 0. The maximum absolute atomic E-state index is 5.30. The fourth-order valence-electron chi connectivity index (χ4n) is 4.51. The highest BCUT2D eigenvalue weighted by Crippen LogP contribution is 2.43. The summed E-state index contributed by atoms with van der Waals surface area (Å²) in [5.74, 6) is 4.37. The van der Waals surface area contributed by atoms with Crippen LogP contribution in [0.3, 0.4) is 0 Å². The van der Waals surface area contributed by atoms with E-state index in [4.69, 9.17) is 19.4 Å². The SMILES string of the molecule is COc1ccc(CCNc2nc3c4c(n2)N(C)NC4CCN3Cc2ccc(OC)cc2)cc1. The van der Waals surface area contributed by atoms with Crippen LogP contribution in [-0.4, -0.2) is 44.3 Å². The minimum atomic E-state index is 0.264. The minimum absolute atomic E-state index is 0.264. The van der Waals surface area contributed by atoms with Gasteiger partial charge in [-0.15, -0.1) is 0 Å². The van der Waals surface area contributed by atoms with E-state index >= 15 is 0 Å². The molecule has 8 nitrogen and oxygen atoms in total. The molecule has 8 heteroatoms. The second-order valence-corrected chi connectivity index (χ2v) is 8.43. The van der Waals surface area contributed by atoms with Crippen LogP contribution >= 0.6 is 0 Å². The van der Waals surface area contributed by atoms with Crippen molar-refractivity contribution < 1.29 is 9.47 Å². The predicted molar refractivity (Wildman–Crippen MR) is 130 cm³/mol. The van der Waals surface area contributed by atoms with Gasteiger partial charge in [0.15, 0.2) is 5.82 Å². The molecule has 1 unspecified atom stereocenters. The molecule has 172 valence electrons. The summed E-state index contributed by atoms with van der Waals surface area (Å²) in [4.78, 5) is 12.1. The number of hydrogen-bond acceptors (Lipinski definition) is 8. The normalized spacial score (nSPS) is 16.5. The lowest BCUT2D eigenvalue weighted by atomic mass is 10.0. The molecule has 2 aliphatic heterocycles. The van der Waals surface area contributed by atoms with Crippen molar-refractivity contribution in [2.45, 2.75) is 25.4 Å². The molecule has 0 amide bonds. The molecule has 0 aliphatic carbocycles. The lowest BCUT2D eigenvalue weighted by molar-refractivity contribution is 0.414. The maximum atomic E-state index is 5.30. The van der Waals surface area contributed by atoms with E-state index in [9.17, 15) is 0 Å². The zero-order valence-corrected chi connectivity index (χ0v) is 19.3. The standard InChI is InChI=1S/C25H30N6O2/c1-30-23-22-21(29-30)13-15-31(16-18-6-10-20(33-3)11-7-18)24(22)28-25(27-23)26-14-12-17-4-8-19(32-2)9-5-17/h4-11,21,29H,12-16H2,1-3H3,(H,26,27,28). The highest BCUT2D eigenvalue weighted by molar-refractivity contribution is 5.68. The van der Waals surface area contributed by atoms with E-state index in [-0.39, 0.29) is 6.04 Å². The molecule has 0 radical (unpaired) electrons. The Morgan fingerprint density at radius 3 is 2.24 bits per heavy atom. The smallest absolute Gasteiger partial charge is 0.226 e. The lowest BCUT2D eigenvalue weighted by Gasteiger charge is -2.32. The van der Waals surface area contributed by atoms with Crippen LogP contribution in [0.4, 0.5) is 17.6 Å². The van der Waals surface area contributed by atoms with E-state index in [0.29, 0.717) is 5.95 Å². The van der Waals surface area contributed by atoms with Crippen LogP contribution in [0.15, 0.2) is 48.5 Å². The van der Waals surface area contributed by atoms with E-state index in [0.717, 1.165) is 55.6 Å². The van der Waals surface area contributed by atoms with Gasteiger partial charge in [0.1, 0.15) is 17.3 Å². The molecule has 2 aromatic carbocycles. The van der Waals surface area contributed by atoms with Gasteiger partial charge in [-0.2, -0.15) is 9.97 Å². The lowest BCUT2D eigenvalue weighted by Crippen LogP contribution is -2.36. The van der Waals surface area contributed by atoms with Gasteiger partial charge in [-0.1, -0.05) is 24.3 Å². The van der Waals surface area contributed by atoms with Crippen LogP contribution in [0.2, 0.25) is 0 Å². The number of nitrogens with one attached hydrogen (secondary N) is 2. The third kappa shape index (κ3) is 4.39. The van der Waals surface area contributed by atoms with Crippen molar-refractivity contribution in [1.82, 2.24) is 15.4 Å². The Balaban J connectivity index is 1.34. The predicted octanol–water partition coefficient (Wildman–Crippen LogP) is 3.55. The molecule has 0 saturated heterocycles. The molecule has 1 aromatic heterocycles. The molecule has 2 N–H and O–H groups in total. The average molecular weight is 447 g/mol. The monoisotopic (exact) mass is 446 g/mol.